The number of hydrogen-bond donors (Lipinski definition) is 4. The average molecular weight is 755 g/mol. The number of unbranched alkanes of at least 4 members (excludes halogenated alkanes) is 20. The van der Waals surface area contributed by atoms with E-state index in [2.05, 4.69) is 38.2 Å². The van der Waals surface area contributed by atoms with Gasteiger partial charge < -0.3 is 39.4 Å². The standard InChI is InChI=1S/C43H78O10/c1-3-5-7-9-11-13-15-17-18-20-22-24-26-28-30-32-39(46)52-36(35-51-43-42(49)41(48)40(47)37(33-44)53-43)34-50-38(45)31-29-27-25-23-21-19-16-14-12-10-8-6-4-2/h9,11,19,21,36-37,40-44,47-49H,3-8,10,12-18,20,22-35H2,1-2H3/b11-9+,21-19+/t36-,37-,40+,41?,42?,43-/m1/s1. The van der Waals surface area contributed by atoms with Gasteiger partial charge in [0.25, 0.3) is 0 Å². The molecule has 1 fully saturated rings. The van der Waals surface area contributed by atoms with E-state index in [0.717, 1.165) is 44.9 Å². The minimum atomic E-state index is -1.59. The van der Waals surface area contributed by atoms with Crippen molar-refractivity contribution in [3.63, 3.8) is 0 Å². The van der Waals surface area contributed by atoms with Crippen LogP contribution in [0.3, 0.4) is 0 Å². The second kappa shape index (κ2) is 34.7. The van der Waals surface area contributed by atoms with Gasteiger partial charge in [-0.15, -0.1) is 0 Å². The minimum Gasteiger partial charge on any atom is -0.462 e. The summed E-state index contributed by atoms with van der Waals surface area (Å²) in [6, 6.07) is 0. The molecule has 310 valence electrons. The van der Waals surface area contributed by atoms with E-state index < -0.39 is 55.4 Å². The Morgan fingerprint density at radius 2 is 1.02 bits per heavy atom. The lowest BCUT2D eigenvalue weighted by Gasteiger charge is -2.39. The van der Waals surface area contributed by atoms with E-state index >= 15 is 0 Å². The molecule has 1 saturated heterocycles. The van der Waals surface area contributed by atoms with Crippen LogP contribution in [0, 0.1) is 0 Å². The van der Waals surface area contributed by atoms with Gasteiger partial charge in [-0.1, -0.05) is 134 Å². The van der Waals surface area contributed by atoms with Crippen LogP contribution >= 0.6 is 0 Å². The van der Waals surface area contributed by atoms with Gasteiger partial charge in [0.15, 0.2) is 12.4 Å². The first-order chi connectivity index (χ1) is 25.8. The van der Waals surface area contributed by atoms with E-state index in [1.54, 1.807) is 0 Å². The molecule has 6 atom stereocenters. The molecule has 0 aromatic carbocycles. The number of aliphatic hydroxyl groups is 4. The van der Waals surface area contributed by atoms with Crippen molar-refractivity contribution in [3.8, 4) is 0 Å². The van der Waals surface area contributed by atoms with Gasteiger partial charge >= 0.3 is 11.9 Å². The van der Waals surface area contributed by atoms with Crippen molar-refractivity contribution in [2.24, 2.45) is 0 Å². The summed E-state index contributed by atoms with van der Waals surface area (Å²) in [7, 11) is 0. The highest BCUT2D eigenvalue weighted by Gasteiger charge is 2.44. The zero-order valence-corrected chi connectivity index (χ0v) is 33.5. The van der Waals surface area contributed by atoms with Crippen molar-refractivity contribution in [1.82, 2.24) is 0 Å². The lowest BCUT2D eigenvalue weighted by atomic mass is 9.99. The Morgan fingerprint density at radius 1 is 0.566 bits per heavy atom. The van der Waals surface area contributed by atoms with E-state index in [-0.39, 0.29) is 26.1 Å². The molecule has 0 aliphatic carbocycles. The van der Waals surface area contributed by atoms with E-state index in [1.165, 1.54) is 96.3 Å². The van der Waals surface area contributed by atoms with Gasteiger partial charge in [-0.3, -0.25) is 9.59 Å². The molecule has 2 unspecified atom stereocenters. The third-order valence-electron chi connectivity index (χ3n) is 9.81. The highest BCUT2D eigenvalue weighted by molar-refractivity contribution is 5.70. The van der Waals surface area contributed by atoms with Crippen LogP contribution in [0.5, 0.6) is 0 Å². The Labute approximate surface area is 322 Å². The van der Waals surface area contributed by atoms with Gasteiger partial charge in [0.05, 0.1) is 13.2 Å². The van der Waals surface area contributed by atoms with Crippen LogP contribution < -0.4 is 0 Å². The average Bonchev–Trinajstić information content (AvgIpc) is 3.15. The Morgan fingerprint density at radius 3 is 1.55 bits per heavy atom. The van der Waals surface area contributed by atoms with E-state index in [9.17, 15) is 30.0 Å². The maximum Gasteiger partial charge on any atom is 0.306 e. The van der Waals surface area contributed by atoms with Gasteiger partial charge in [-0.2, -0.15) is 0 Å². The first-order valence-electron chi connectivity index (χ1n) is 21.4. The molecule has 0 spiro atoms. The monoisotopic (exact) mass is 755 g/mol. The normalized spacial score (nSPS) is 21.1. The quantitative estimate of drug-likeness (QED) is 0.0281. The zero-order chi connectivity index (χ0) is 38.8. The third-order valence-corrected chi connectivity index (χ3v) is 9.81. The van der Waals surface area contributed by atoms with Gasteiger partial charge in [0.2, 0.25) is 0 Å². The maximum absolute atomic E-state index is 12.7. The molecule has 1 aliphatic heterocycles. The molecule has 0 saturated carbocycles. The van der Waals surface area contributed by atoms with Gasteiger partial charge in [0, 0.05) is 12.8 Å². The summed E-state index contributed by atoms with van der Waals surface area (Å²) in [5, 5.41) is 40.0. The molecule has 0 aromatic rings. The van der Waals surface area contributed by atoms with Crippen molar-refractivity contribution >= 4 is 11.9 Å². The van der Waals surface area contributed by atoms with Crippen molar-refractivity contribution in [2.75, 3.05) is 19.8 Å². The Balaban J connectivity index is 2.36. The summed E-state index contributed by atoms with van der Waals surface area (Å²) in [6.07, 6.45) is 29.0. The second-order valence-electron chi connectivity index (χ2n) is 14.8. The summed E-state index contributed by atoms with van der Waals surface area (Å²) < 4.78 is 22.1. The molecular formula is C43H78O10. The number of carbonyl (C=O) groups excluding carboxylic acids is 2. The van der Waals surface area contributed by atoms with Crippen molar-refractivity contribution in [1.29, 1.82) is 0 Å². The summed E-state index contributed by atoms with van der Waals surface area (Å²) in [4.78, 5) is 25.2. The van der Waals surface area contributed by atoms with Crippen LogP contribution in [-0.2, 0) is 28.5 Å². The molecule has 53 heavy (non-hydrogen) atoms. The second-order valence-corrected chi connectivity index (χ2v) is 14.8. The van der Waals surface area contributed by atoms with Crippen LogP contribution in [-0.4, -0.2) is 89.0 Å². The highest BCUT2D eigenvalue weighted by Crippen LogP contribution is 2.22. The lowest BCUT2D eigenvalue weighted by Crippen LogP contribution is -2.59. The fourth-order valence-corrected chi connectivity index (χ4v) is 6.34. The predicted octanol–water partition coefficient (Wildman–Crippen LogP) is 8.55. The molecule has 4 N–H and O–H groups in total. The molecule has 10 heteroatoms. The summed E-state index contributed by atoms with van der Waals surface area (Å²) in [6.45, 7) is 3.36. The number of allylic oxidation sites excluding steroid dienone is 4. The lowest BCUT2D eigenvalue weighted by molar-refractivity contribution is -0.305. The van der Waals surface area contributed by atoms with Crippen LogP contribution in [0.4, 0.5) is 0 Å². The fraction of sp³-hybridized carbons (Fsp3) is 0.860. The first-order valence-corrected chi connectivity index (χ1v) is 21.4. The molecule has 0 amide bonds. The SMILES string of the molecule is CCCC/C=C/CCCCCCCCCCCC(=O)O[C@H](COC(=O)CCCCC/C=C/CCCCCCCC)CO[C@@H]1O[C@H](CO)[C@H](O)C(O)C1O. The number of ether oxygens (including phenoxy) is 4. The molecule has 0 bridgehead atoms. The van der Waals surface area contributed by atoms with Crippen LogP contribution in [0.25, 0.3) is 0 Å². The van der Waals surface area contributed by atoms with Crippen molar-refractivity contribution < 1.29 is 49.0 Å². The Hall–Kier alpha value is -1.82. The molecule has 0 aromatic heterocycles. The molecular weight excluding hydrogens is 676 g/mol. The van der Waals surface area contributed by atoms with Gasteiger partial charge in [0.1, 0.15) is 31.0 Å². The van der Waals surface area contributed by atoms with Crippen LogP contribution in [0.2, 0.25) is 0 Å². The maximum atomic E-state index is 12.7. The smallest absolute Gasteiger partial charge is 0.306 e. The Bertz CT molecular complexity index is 923. The first kappa shape index (κ1) is 49.2. The minimum absolute atomic E-state index is 0.224. The highest BCUT2D eigenvalue weighted by atomic mass is 16.7. The van der Waals surface area contributed by atoms with E-state index in [4.69, 9.17) is 18.9 Å². The fourth-order valence-electron chi connectivity index (χ4n) is 6.34. The molecule has 1 rings (SSSR count). The topological polar surface area (TPSA) is 152 Å². The molecule has 1 aliphatic rings. The Kier molecular flexibility index (Phi) is 32.2. The number of hydrogen-bond acceptors (Lipinski definition) is 10. The summed E-state index contributed by atoms with van der Waals surface area (Å²) in [5.74, 6) is -0.825. The number of rotatable bonds is 35. The number of carbonyl (C=O) groups is 2. The van der Waals surface area contributed by atoms with Gasteiger partial charge in [-0.25, -0.2) is 0 Å². The predicted molar refractivity (Wildman–Crippen MR) is 210 cm³/mol. The van der Waals surface area contributed by atoms with Crippen molar-refractivity contribution in [2.45, 2.75) is 218 Å². The largest absolute Gasteiger partial charge is 0.462 e. The zero-order valence-electron chi connectivity index (χ0n) is 33.5. The van der Waals surface area contributed by atoms with Gasteiger partial charge in [-0.05, 0) is 57.8 Å². The van der Waals surface area contributed by atoms with E-state index in [0.29, 0.717) is 12.8 Å². The summed E-state index contributed by atoms with van der Waals surface area (Å²) in [5.41, 5.74) is 0. The molecule has 1 heterocycles. The molecule has 0 radical (unpaired) electrons. The van der Waals surface area contributed by atoms with Crippen LogP contribution in [0.1, 0.15) is 181 Å². The summed E-state index contributed by atoms with van der Waals surface area (Å²) >= 11 is 0. The molecule has 10 nitrogen and oxygen atoms in total. The number of esters is 2. The third kappa shape index (κ3) is 26.6. The van der Waals surface area contributed by atoms with Crippen molar-refractivity contribution in [3.05, 3.63) is 24.3 Å². The number of aliphatic hydroxyl groups excluding tert-OH is 4. The van der Waals surface area contributed by atoms with E-state index in [1.807, 2.05) is 0 Å². The van der Waals surface area contributed by atoms with Crippen LogP contribution in [0.15, 0.2) is 24.3 Å².